The van der Waals surface area contributed by atoms with Crippen LogP contribution in [0.15, 0.2) is 12.3 Å². The fourth-order valence-corrected chi connectivity index (χ4v) is 1.88. The smallest absolute Gasteiger partial charge is 0.337 e. The summed E-state index contributed by atoms with van der Waals surface area (Å²) >= 11 is 5.75. The zero-order valence-corrected chi connectivity index (χ0v) is 10.1. The van der Waals surface area contributed by atoms with Crippen LogP contribution in [0.4, 0.5) is 5.82 Å². The average molecular weight is 268 g/mol. The van der Waals surface area contributed by atoms with Gasteiger partial charge in [0.25, 0.3) is 0 Å². The molecule has 2 heterocycles. The van der Waals surface area contributed by atoms with E-state index in [1.807, 2.05) is 6.07 Å². The van der Waals surface area contributed by atoms with Crippen molar-refractivity contribution < 1.29 is 14.6 Å². The highest BCUT2D eigenvalue weighted by Gasteiger charge is 2.22. The average Bonchev–Trinajstić information content (AvgIpc) is 2.39. The molecule has 1 unspecified atom stereocenters. The Morgan fingerprint density at radius 3 is 3.17 bits per heavy atom. The molecule has 0 bridgehead atoms. The summed E-state index contributed by atoms with van der Waals surface area (Å²) in [6, 6.07) is 3.43. The molecule has 0 aromatic carbocycles. The van der Waals surface area contributed by atoms with Crippen LogP contribution in [-0.4, -0.2) is 41.9 Å². The van der Waals surface area contributed by atoms with Gasteiger partial charge in [-0.1, -0.05) is 11.6 Å². The first-order valence-electron chi connectivity index (χ1n) is 5.27. The molecule has 0 saturated carbocycles. The zero-order valence-electron chi connectivity index (χ0n) is 9.34. The van der Waals surface area contributed by atoms with Gasteiger partial charge in [-0.2, -0.15) is 5.26 Å². The minimum absolute atomic E-state index is 0.00154. The fraction of sp³-hybridized carbons (Fsp3) is 0.364. The first-order chi connectivity index (χ1) is 8.61. The van der Waals surface area contributed by atoms with Crippen molar-refractivity contribution in [3.63, 3.8) is 0 Å². The van der Waals surface area contributed by atoms with Crippen LogP contribution < -0.4 is 4.90 Å². The molecule has 1 aromatic heterocycles. The van der Waals surface area contributed by atoms with Crippen molar-refractivity contribution in [1.82, 2.24) is 4.98 Å². The predicted octanol–water partition coefficient (Wildman–Crippen LogP) is 1.16. The molecule has 1 fully saturated rings. The molecule has 18 heavy (non-hydrogen) atoms. The van der Waals surface area contributed by atoms with Crippen LogP contribution in [0.3, 0.4) is 0 Å². The second kappa shape index (κ2) is 5.21. The van der Waals surface area contributed by atoms with E-state index in [1.165, 1.54) is 12.3 Å². The van der Waals surface area contributed by atoms with E-state index >= 15 is 0 Å². The van der Waals surface area contributed by atoms with E-state index in [0.29, 0.717) is 25.5 Å². The number of carboxylic acid groups (broad SMARTS) is 1. The third-order valence-corrected chi connectivity index (χ3v) is 2.91. The van der Waals surface area contributed by atoms with Gasteiger partial charge in [0.1, 0.15) is 5.82 Å². The summed E-state index contributed by atoms with van der Waals surface area (Å²) in [6.45, 7) is 1.33. The number of rotatable bonds is 2. The number of hydrogen-bond donors (Lipinski definition) is 1. The Bertz CT molecular complexity index is 515. The lowest BCUT2D eigenvalue weighted by molar-refractivity contribution is 0.0697. The molecule has 7 heteroatoms. The minimum atomic E-state index is -1.10. The van der Waals surface area contributed by atoms with Gasteiger partial charge in [-0.25, -0.2) is 9.78 Å². The standard InChI is InChI=1S/C11H10ClN3O3/c12-9-5-14-10(3-8(9)11(16)17)15-1-2-18-7(4-13)6-15/h3,5,7H,1-2,6H2,(H,16,17). The molecule has 2 rings (SSSR count). The minimum Gasteiger partial charge on any atom is -0.478 e. The van der Waals surface area contributed by atoms with Gasteiger partial charge in [-0.15, -0.1) is 0 Å². The quantitative estimate of drug-likeness (QED) is 0.865. The topological polar surface area (TPSA) is 86.5 Å². The number of nitriles is 1. The largest absolute Gasteiger partial charge is 0.478 e. The molecule has 1 aliphatic rings. The van der Waals surface area contributed by atoms with Gasteiger partial charge in [-0.05, 0) is 6.07 Å². The molecule has 0 radical (unpaired) electrons. The molecule has 1 aliphatic heterocycles. The molecule has 1 atom stereocenters. The van der Waals surface area contributed by atoms with Crippen molar-refractivity contribution in [1.29, 1.82) is 5.26 Å². The molecule has 0 spiro atoms. The number of morpholine rings is 1. The number of aromatic nitrogens is 1. The summed E-state index contributed by atoms with van der Waals surface area (Å²) in [5, 5.41) is 17.9. The number of anilines is 1. The molecule has 1 saturated heterocycles. The molecule has 1 N–H and O–H groups in total. The number of nitrogens with zero attached hydrogens (tertiary/aromatic N) is 3. The van der Waals surface area contributed by atoms with Gasteiger partial charge in [0.15, 0.2) is 6.10 Å². The van der Waals surface area contributed by atoms with Crippen molar-refractivity contribution in [2.75, 3.05) is 24.6 Å². The van der Waals surface area contributed by atoms with Gasteiger partial charge in [0, 0.05) is 12.7 Å². The number of carbonyl (C=O) groups is 1. The van der Waals surface area contributed by atoms with Gasteiger partial charge in [0.05, 0.1) is 29.8 Å². The Morgan fingerprint density at radius 1 is 1.72 bits per heavy atom. The first kappa shape index (κ1) is 12.6. The summed E-state index contributed by atoms with van der Waals surface area (Å²) in [4.78, 5) is 16.9. The normalized spacial score (nSPS) is 19.3. The molecule has 1 aromatic rings. The lowest BCUT2D eigenvalue weighted by Gasteiger charge is -2.30. The number of hydrogen-bond acceptors (Lipinski definition) is 5. The number of carboxylic acids is 1. The highest BCUT2D eigenvalue weighted by atomic mass is 35.5. The summed E-state index contributed by atoms with van der Waals surface area (Å²) in [5.41, 5.74) is 0.00154. The number of halogens is 1. The second-order valence-electron chi connectivity index (χ2n) is 3.76. The molecular weight excluding hydrogens is 258 g/mol. The molecule has 0 aliphatic carbocycles. The van der Waals surface area contributed by atoms with Gasteiger partial charge < -0.3 is 14.7 Å². The lowest BCUT2D eigenvalue weighted by atomic mass is 10.2. The Labute approximate surface area is 108 Å². The number of aromatic carboxylic acids is 1. The van der Waals surface area contributed by atoms with Crippen molar-refractivity contribution in [3.05, 3.63) is 22.8 Å². The molecule has 0 amide bonds. The Kier molecular flexibility index (Phi) is 3.65. The summed E-state index contributed by atoms with van der Waals surface area (Å²) in [5.74, 6) is -0.617. The van der Waals surface area contributed by atoms with Crippen molar-refractivity contribution in [2.45, 2.75) is 6.10 Å². The highest BCUT2D eigenvalue weighted by molar-refractivity contribution is 6.33. The first-order valence-corrected chi connectivity index (χ1v) is 5.64. The fourth-order valence-electron chi connectivity index (χ4n) is 1.70. The Morgan fingerprint density at radius 2 is 2.50 bits per heavy atom. The number of ether oxygens (including phenoxy) is 1. The lowest BCUT2D eigenvalue weighted by Crippen LogP contribution is -2.42. The van der Waals surface area contributed by atoms with Gasteiger partial charge in [-0.3, -0.25) is 0 Å². The van der Waals surface area contributed by atoms with E-state index in [2.05, 4.69) is 4.98 Å². The second-order valence-corrected chi connectivity index (χ2v) is 4.17. The maximum atomic E-state index is 11.0. The predicted molar refractivity (Wildman–Crippen MR) is 63.8 cm³/mol. The van der Waals surface area contributed by atoms with Crippen LogP contribution in [0.5, 0.6) is 0 Å². The third-order valence-electron chi connectivity index (χ3n) is 2.61. The van der Waals surface area contributed by atoms with E-state index in [4.69, 9.17) is 26.7 Å². The SMILES string of the molecule is N#CC1CN(c2cc(C(=O)O)c(Cl)cn2)CCO1. The molecule has 94 valence electrons. The van der Waals surface area contributed by atoms with Gasteiger partial charge >= 0.3 is 5.97 Å². The molecule has 6 nitrogen and oxygen atoms in total. The summed E-state index contributed by atoms with van der Waals surface area (Å²) < 4.78 is 5.21. The summed E-state index contributed by atoms with van der Waals surface area (Å²) in [6.07, 6.45) is 0.779. The monoisotopic (exact) mass is 267 g/mol. The van der Waals surface area contributed by atoms with Crippen LogP contribution in [0.2, 0.25) is 5.02 Å². The highest BCUT2D eigenvalue weighted by Crippen LogP contribution is 2.22. The summed E-state index contributed by atoms with van der Waals surface area (Å²) in [7, 11) is 0. The van der Waals surface area contributed by atoms with Crippen molar-refractivity contribution in [3.8, 4) is 6.07 Å². The van der Waals surface area contributed by atoms with E-state index < -0.39 is 12.1 Å². The van der Waals surface area contributed by atoms with Crippen LogP contribution in [0, 0.1) is 11.3 Å². The van der Waals surface area contributed by atoms with Crippen LogP contribution in [0.1, 0.15) is 10.4 Å². The van der Waals surface area contributed by atoms with Crippen LogP contribution in [0.25, 0.3) is 0 Å². The maximum absolute atomic E-state index is 11.0. The van der Waals surface area contributed by atoms with E-state index in [0.717, 1.165) is 0 Å². The third kappa shape index (κ3) is 2.53. The number of pyridine rings is 1. The maximum Gasteiger partial charge on any atom is 0.337 e. The van der Waals surface area contributed by atoms with Gasteiger partial charge in [0.2, 0.25) is 0 Å². The van der Waals surface area contributed by atoms with Crippen molar-refractivity contribution >= 4 is 23.4 Å². The Balaban J connectivity index is 2.26. The molecular formula is C11H10ClN3O3. The van der Waals surface area contributed by atoms with E-state index in [-0.39, 0.29) is 10.6 Å². The zero-order chi connectivity index (χ0) is 13.1. The van der Waals surface area contributed by atoms with E-state index in [1.54, 1.807) is 4.90 Å². The van der Waals surface area contributed by atoms with Crippen LogP contribution >= 0.6 is 11.6 Å². The van der Waals surface area contributed by atoms with E-state index in [9.17, 15) is 4.79 Å². The van der Waals surface area contributed by atoms with Crippen molar-refractivity contribution in [2.24, 2.45) is 0 Å². The Hall–Kier alpha value is -1.84. The van der Waals surface area contributed by atoms with Crippen LogP contribution in [-0.2, 0) is 4.74 Å².